The van der Waals surface area contributed by atoms with Gasteiger partial charge in [0, 0.05) is 24.7 Å². The van der Waals surface area contributed by atoms with Crippen LogP contribution in [-0.4, -0.2) is 11.0 Å². The largest absolute Gasteiger partial charge is 0.392 e. The second kappa shape index (κ2) is 9.21. The van der Waals surface area contributed by atoms with Crippen molar-refractivity contribution < 1.29 is 9.90 Å². The van der Waals surface area contributed by atoms with E-state index in [0.29, 0.717) is 13.0 Å². The van der Waals surface area contributed by atoms with Crippen molar-refractivity contribution in [2.75, 3.05) is 5.32 Å². The Bertz CT molecular complexity index is 670. The first-order valence-electron chi connectivity index (χ1n) is 8.44. The number of aliphatic hydroxyl groups is 1. The molecule has 2 aromatic carbocycles. The number of benzene rings is 2. The Labute approximate surface area is 143 Å². The summed E-state index contributed by atoms with van der Waals surface area (Å²) in [5, 5.41) is 15.6. The Morgan fingerprint density at radius 2 is 1.88 bits per heavy atom. The molecule has 0 aliphatic heterocycles. The third-order valence-corrected chi connectivity index (χ3v) is 3.93. The van der Waals surface area contributed by atoms with Gasteiger partial charge in [0.15, 0.2) is 0 Å². The minimum absolute atomic E-state index is 0.0526. The summed E-state index contributed by atoms with van der Waals surface area (Å²) in [6.07, 6.45) is 1.39. The van der Waals surface area contributed by atoms with Crippen molar-refractivity contribution in [1.82, 2.24) is 5.32 Å². The van der Waals surface area contributed by atoms with Gasteiger partial charge in [-0.3, -0.25) is 4.79 Å². The number of anilines is 1. The predicted octanol–water partition coefficient (Wildman–Crippen LogP) is 3.77. The van der Waals surface area contributed by atoms with Gasteiger partial charge in [-0.15, -0.1) is 0 Å². The van der Waals surface area contributed by atoms with Crippen molar-refractivity contribution in [3.63, 3.8) is 0 Å². The molecule has 0 saturated carbocycles. The summed E-state index contributed by atoms with van der Waals surface area (Å²) < 4.78 is 0. The second-order valence-corrected chi connectivity index (χ2v) is 6.00. The number of nitrogens with one attached hydrogen (secondary N) is 2. The monoisotopic (exact) mass is 326 g/mol. The third kappa shape index (κ3) is 5.48. The van der Waals surface area contributed by atoms with E-state index in [1.807, 2.05) is 49.4 Å². The summed E-state index contributed by atoms with van der Waals surface area (Å²) in [6.45, 7) is 4.86. The molecule has 0 aromatic heterocycles. The normalized spacial score (nSPS) is 12.0. The van der Waals surface area contributed by atoms with Crippen LogP contribution in [0.5, 0.6) is 0 Å². The topological polar surface area (TPSA) is 61.4 Å². The molecule has 1 amide bonds. The lowest BCUT2D eigenvalue weighted by atomic mass is 10.0. The average molecular weight is 326 g/mol. The van der Waals surface area contributed by atoms with E-state index in [-0.39, 0.29) is 18.6 Å². The molecule has 0 aliphatic carbocycles. The molecular weight excluding hydrogens is 300 g/mol. The molecule has 2 rings (SSSR count). The van der Waals surface area contributed by atoms with Gasteiger partial charge >= 0.3 is 0 Å². The van der Waals surface area contributed by atoms with Gasteiger partial charge in [0.25, 0.3) is 0 Å². The summed E-state index contributed by atoms with van der Waals surface area (Å²) >= 11 is 0. The van der Waals surface area contributed by atoms with Crippen LogP contribution < -0.4 is 10.6 Å². The number of carbonyl (C=O) groups is 1. The second-order valence-electron chi connectivity index (χ2n) is 6.00. The van der Waals surface area contributed by atoms with Gasteiger partial charge in [0.2, 0.25) is 5.91 Å². The molecule has 4 heteroatoms. The van der Waals surface area contributed by atoms with Crippen molar-refractivity contribution in [3.05, 3.63) is 65.2 Å². The van der Waals surface area contributed by atoms with Gasteiger partial charge in [-0.25, -0.2) is 0 Å². The predicted molar refractivity (Wildman–Crippen MR) is 97.6 cm³/mol. The van der Waals surface area contributed by atoms with E-state index < -0.39 is 0 Å². The van der Waals surface area contributed by atoms with Crippen LogP contribution in [0, 0.1) is 0 Å². The lowest BCUT2D eigenvalue weighted by Gasteiger charge is -2.15. The highest BCUT2D eigenvalue weighted by Gasteiger charge is 2.06. The molecule has 0 saturated heterocycles. The van der Waals surface area contributed by atoms with Crippen molar-refractivity contribution in [1.29, 1.82) is 0 Å². The van der Waals surface area contributed by atoms with Gasteiger partial charge in [0.1, 0.15) is 0 Å². The van der Waals surface area contributed by atoms with Crippen molar-refractivity contribution >= 4 is 11.6 Å². The zero-order chi connectivity index (χ0) is 17.4. The molecule has 0 bridgehead atoms. The smallest absolute Gasteiger partial charge is 0.224 e. The molecule has 0 aliphatic rings. The summed E-state index contributed by atoms with van der Waals surface area (Å²) in [5.74, 6) is 0.0526. The number of amides is 1. The Balaban J connectivity index is 1.94. The number of hydrogen-bond acceptors (Lipinski definition) is 3. The Kier molecular flexibility index (Phi) is 6.97. The van der Waals surface area contributed by atoms with Gasteiger partial charge in [-0.2, -0.15) is 0 Å². The number of hydrogen-bond donors (Lipinski definition) is 3. The van der Waals surface area contributed by atoms with E-state index in [0.717, 1.165) is 28.8 Å². The van der Waals surface area contributed by atoms with Gasteiger partial charge in [-0.05, 0) is 42.2 Å². The van der Waals surface area contributed by atoms with Crippen LogP contribution in [0.25, 0.3) is 0 Å². The number of aliphatic hydroxyl groups excluding tert-OH is 1. The lowest BCUT2D eigenvalue weighted by Crippen LogP contribution is -2.18. The maximum Gasteiger partial charge on any atom is 0.224 e. The van der Waals surface area contributed by atoms with Crippen LogP contribution in [0.3, 0.4) is 0 Å². The van der Waals surface area contributed by atoms with E-state index in [9.17, 15) is 9.90 Å². The van der Waals surface area contributed by atoms with E-state index >= 15 is 0 Å². The average Bonchev–Trinajstić information content (AvgIpc) is 2.60. The van der Waals surface area contributed by atoms with Crippen LogP contribution in [-0.2, 0) is 17.9 Å². The standard InChI is InChI=1S/C20H26N2O2/c1-3-6-20(24)22-19-10-5-7-16(12-19)13-21-15(2)18-9-4-8-17(11-18)14-23/h4-5,7-12,15,21,23H,3,6,13-14H2,1-2H3,(H,22,24). The van der Waals surface area contributed by atoms with Crippen LogP contribution in [0.15, 0.2) is 48.5 Å². The highest BCUT2D eigenvalue weighted by Crippen LogP contribution is 2.16. The fraction of sp³-hybridized carbons (Fsp3) is 0.350. The SMILES string of the molecule is CCCC(=O)Nc1cccc(CNC(C)c2cccc(CO)c2)c1. The highest BCUT2D eigenvalue weighted by atomic mass is 16.3. The van der Waals surface area contributed by atoms with Crippen LogP contribution in [0.1, 0.15) is 49.4 Å². The first kappa shape index (κ1) is 18.2. The van der Waals surface area contributed by atoms with Gasteiger partial charge in [-0.1, -0.05) is 43.3 Å². The van der Waals surface area contributed by atoms with Gasteiger partial charge in [0.05, 0.1) is 6.61 Å². The molecule has 1 atom stereocenters. The third-order valence-electron chi connectivity index (χ3n) is 3.93. The molecular formula is C20H26N2O2. The minimum Gasteiger partial charge on any atom is -0.392 e. The highest BCUT2D eigenvalue weighted by molar-refractivity contribution is 5.90. The van der Waals surface area contributed by atoms with E-state index in [1.54, 1.807) is 0 Å². The van der Waals surface area contributed by atoms with E-state index in [2.05, 4.69) is 23.6 Å². The Morgan fingerprint density at radius 3 is 2.62 bits per heavy atom. The molecule has 4 nitrogen and oxygen atoms in total. The number of carbonyl (C=O) groups excluding carboxylic acids is 1. The number of rotatable bonds is 8. The zero-order valence-electron chi connectivity index (χ0n) is 14.4. The lowest BCUT2D eigenvalue weighted by molar-refractivity contribution is -0.116. The van der Waals surface area contributed by atoms with Crippen molar-refractivity contribution in [2.24, 2.45) is 0 Å². The molecule has 1 unspecified atom stereocenters. The quantitative estimate of drug-likeness (QED) is 0.692. The molecule has 24 heavy (non-hydrogen) atoms. The first-order chi connectivity index (χ1) is 11.6. The summed E-state index contributed by atoms with van der Waals surface area (Å²) in [7, 11) is 0. The minimum atomic E-state index is 0.0526. The first-order valence-corrected chi connectivity index (χ1v) is 8.44. The Hall–Kier alpha value is -2.17. The molecule has 128 valence electrons. The van der Waals surface area contributed by atoms with E-state index in [1.165, 1.54) is 0 Å². The van der Waals surface area contributed by atoms with Crippen LogP contribution in [0.4, 0.5) is 5.69 Å². The molecule has 2 aromatic rings. The zero-order valence-corrected chi connectivity index (χ0v) is 14.4. The molecule has 0 fully saturated rings. The molecule has 0 spiro atoms. The molecule has 0 heterocycles. The van der Waals surface area contributed by atoms with Crippen LogP contribution in [0.2, 0.25) is 0 Å². The summed E-state index contributed by atoms with van der Waals surface area (Å²) in [4.78, 5) is 11.7. The Morgan fingerprint density at radius 1 is 1.12 bits per heavy atom. The molecule has 3 N–H and O–H groups in total. The summed E-state index contributed by atoms with van der Waals surface area (Å²) in [5.41, 5.74) is 4.02. The molecule has 0 radical (unpaired) electrons. The fourth-order valence-electron chi connectivity index (χ4n) is 2.56. The van der Waals surface area contributed by atoms with Crippen molar-refractivity contribution in [2.45, 2.75) is 45.9 Å². The maximum atomic E-state index is 11.7. The van der Waals surface area contributed by atoms with Crippen LogP contribution >= 0.6 is 0 Å². The van der Waals surface area contributed by atoms with E-state index in [4.69, 9.17) is 0 Å². The van der Waals surface area contributed by atoms with Gasteiger partial charge < -0.3 is 15.7 Å². The summed E-state index contributed by atoms with van der Waals surface area (Å²) in [6, 6.07) is 16.0. The maximum absolute atomic E-state index is 11.7. The van der Waals surface area contributed by atoms with Crippen molar-refractivity contribution in [3.8, 4) is 0 Å². The fourth-order valence-corrected chi connectivity index (χ4v) is 2.56.